The van der Waals surface area contributed by atoms with Crippen LogP contribution in [0.3, 0.4) is 0 Å². The van der Waals surface area contributed by atoms with Crippen molar-refractivity contribution in [2.24, 2.45) is 0 Å². The van der Waals surface area contributed by atoms with Gasteiger partial charge in [-0.2, -0.15) is 0 Å². The SMILES string of the molecule is CC/C=C\C/C=C\C/C=C\CCCCCCCCCC(=O)OC(COCCCCCCCC/C=C\CCCCCCCCC)COP(=O)(O)OCC[N+](C)(C)C. The summed E-state index contributed by atoms with van der Waals surface area (Å²) in [5.74, 6) is -0.326. The van der Waals surface area contributed by atoms with Gasteiger partial charge in [-0.1, -0.05) is 159 Å². The third-order valence-corrected chi connectivity index (χ3v) is 10.6. The molecule has 0 aromatic heterocycles. The lowest BCUT2D eigenvalue weighted by molar-refractivity contribution is -0.870. The Morgan fingerprint density at radius 3 is 1.57 bits per heavy atom. The summed E-state index contributed by atoms with van der Waals surface area (Å²) in [7, 11) is 1.65. The van der Waals surface area contributed by atoms with Gasteiger partial charge in [0.1, 0.15) is 19.3 Å². The lowest BCUT2D eigenvalue weighted by Gasteiger charge is -2.24. The minimum Gasteiger partial charge on any atom is -0.457 e. The molecule has 0 bridgehead atoms. The highest BCUT2D eigenvalue weighted by Gasteiger charge is 2.26. The Morgan fingerprint density at radius 1 is 0.571 bits per heavy atom. The van der Waals surface area contributed by atoms with Gasteiger partial charge in [-0.05, 0) is 70.6 Å². The third-order valence-electron chi connectivity index (χ3n) is 9.62. The topological polar surface area (TPSA) is 91.3 Å². The monoisotopic (exact) mass is 811 g/mol. The zero-order chi connectivity index (χ0) is 41.3. The molecule has 0 heterocycles. The molecule has 2 atom stereocenters. The smallest absolute Gasteiger partial charge is 0.457 e. The molecule has 0 aromatic rings. The largest absolute Gasteiger partial charge is 0.472 e. The van der Waals surface area contributed by atoms with E-state index >= 15 is 0 Å². The predicted octanol–water partition coefficient (Wildman–Crippen LogP) is 13.6. The van der Waals surface area contributed by atoms with E-state index < -0.39 is 13.9 Å². The molecule has 0 rings (SSSR count). The molecule has 9 heteroatoms. The normalized spacial score (nSPS) is 14.2. The maximum Gasteiger partial charge on any atom is 0.472 e. The lowest BCUT2D eigenvalue weighted by atomic mass is 10.1. The van der Waals surface area contributed by atoms with Crippen molar-refractivity contribution in [2.75, 3.05) is 54.1 Å². The number of phosphoric ester groups is 1. The molecule has 0 saturated carbocycles. The fraction of sp³-hybridized carbons (Fsp3) is 0.809. The molecule has 0 aliphatic heterocycles. The summed E-state index contributed by atoms with van der Waals surface area (Å²) in [6.45, 7) is 5.49. The van der Waals surface area contributed by atoms with Crippen molar-refractivity contribution in [3.63, 3.8) is 0 Å². The summed E-state index contributed by atoms with van der Waals surface area (Å²) in [6, 6.07) is 0. The Bertz CT molecular complexity index is 1040. The highest BCUT2D eigenvalue weighted by atomic mass is 31.2. The summed E-state index contributed by atoms with van der Waals surface area (Å²) < 4.78 is 35.0. The number of hydrogen-bond acceptors (Lipinski definition) is 6. The second-order valence-electron chi connectivity index (χ2n) is 16.4. The van der Waals surface area contributed by atoms with Crippen molar-refractivity contribution in [3.05, 3.63) is 48.6 Å². The van der Waals surface area contributed by atoms with Gasteiger partial charge >= 0.3 is 13.8 Å². The summed E-state index contributed by atoms with van der Waals surface area (Å²) >= 11 is 0. The minimum absolute atomic E-state index is 0.0841. The number of ether oxygens (including phenoxy) is 2. The van der Waals surface area contributed by atoms with Gasteiger partial charge in [0, 0.05) is 13.0 Å². The molecule has 328 valence electrons. The third kappa shape index (κ3) is 43.6. The summed E-state index contributed by atoms with van der Waals surface area (Å²) in [4.78, 5) is 22.9. The van der Waals surface area contributed by atoms with E-state index in [1.165, 1.54) is 109 Å². The van der Waals surface area contributed by atoms with Crippen LogP contribution in [0, 0.1) is 0 Å². The maximum atomic E-state index is 12.7. The van der Waals surface area contributed by atoms with Crippen LogP contribution in [0.25, 0.3) is 0 Å². The molecular formula is C47H89NO7P+. The standard InChI is InChI=1S/C47H88NO7P/c1-6-8-10-12-14-16-18-20-22-24-26-28-30-32-34-36-38-40-47(49)55-46(45-54-56(50,51)53-43-41-48(3,4)5)44-52-42-39-37-35-33-31-29-27-25-23-21-19-17-15-13-11-9-7-2/h8,10,14,16,20,22-23,25,46H,6-7,9,11-13,15,17-19,21,24,26-45H2,1-5H3/p+1/b10-8-,16-14-,22-20-,25-23-. The molecule has 56 heavy (non-hydrogen) atoms. The molecule has 0 aliphatic carbocycles. The molecule has 8 nitrogen and oxygen atoms in total. The number of nitrogens with zero attached hydrogens (tertiary/aromatic N) is 1. The van der Waals surface area contributed by atoms with Gasteiger partial charge in [0.25, 0.3) is 0 Å². The van der Waals surface area contributed by atoms with Crippen molar-refractivity contribution in [3.8, 4) is 0 Å². The first-order valence-electron chi connectivity index (χ1n) is 22.9. The first kappa shape index (κ1) is 54.5. The Morgan fingerprint density at radius 2 is 1.04 bits per heavy atom. The van der Waals surface area contributed by atoms with Gasteiger partial charge in [-0.25, -0.2) is 4.57 Å². The average Bonchev–Trinajstić information content (AvgIpc) is 3.15. The number of carbonyl (C=O) groups is 1. The van der Waals surface area contributed by atoms with Gasteiger partial charge in [-0.3, -0.25) is 13.8 Å². The van der Waals surface area contributed by atoms with Crippen molar-refractivity contribution < 1.29 is 37.3 Å². The molecule has 0 saturated heterocycles. The molecule has 0 aliphatic rings. The Labute approximate surface area is 346 Å². The molecule has 0 amide bonds. The van der Waals surface area contributed by atoms with Crippen LogP contribution in [0.5, 0.6) is 0 Å². The van der Waals surface area contributed by atoms with Crippen molar-refractivity contribution in [2.45, 2.75) is 193 Å². The van der Waals surface area contributed by atoms with E-state index in [2.05, 4.69) is 62.5 Å². The van der Waals surface area contributed by atoms with Crippen LogP contribution < -0.4 is 0 Å². The van der Waals surface area contributed by atoms with Gasteiger partial charge in [0.05, 0.1) is 34.4 Å². The molecule has 0 fully saturated rings. The lowest BCUT2D eigenvalue weighted by Crippen LogP contribution is -2.37. The van der Waals surface area contributed by atoms with Crippen LogP contribution in [0.1, 0.15) is 187 Å². The zero-order valence-electron chi connectivity index (χ0n) is 37.1. The van der Waals surface area contributed by atoms with Crippen LogP contribution in [0.4, 0.5) is 0 Å². The van der Waals surface area contributed by atoms with E-state index in [9.17, 15) is 14.3 Å². The number of likely N-dealkylation sites (N-methyl/N-ethyl adjacent to an activating group) is 1. The molecule has 0 radical (unpaired) electrons. The summed E-state index contributed by atoms with van der Waals surface area (Å²) in [5, 5.41) is 0. The number of carbonyl (C=O) groups excluding carboxylic acids is 1. The fourth-order valence-electron chi connectivity index (χ4n) is 6.09. The Kier molecular flexibility index (Phi) is 39.1. The zero-order valence-corrected chi connectivity index (χ0v) is 38.0. The number of rotatable bonds is 42. The molecular weight excluding hydrogens is 721 g/mol. The summed E-state index contributed by atoms with van der Waals surface area (Å²) in [6.07, 6.45) is 48.6. The number of phosphoric acid groups is 1. The van der Waals surface area contributed by atoms with Crippen molar-refractivity contribution >= 4 is 13.8 Å². The molecule has 1 N–H and O–H groups in total. The van der Waals surface area contributed by atoms with E-state index in [0.29, 0.717) is 24.1 Å². The highest BCUT2D eigenvalue weighted by Crippen LogP contribution is 2.43. The van der Waals surface area contributed by atoms with Gasteiger partial charge in [0.2, 0.25) is 0 Å². The van der Waals surface area contributed by atoms with Crippen LogP contribution in [-0.4, -0.2) is 75.6 Å². The molecule has 2 unspecified atom stereocenters. The van der Waals surface area contributed by atoms with Gasteiger partial charge in [-0.15, -0.1) is 0 Å². The van der Waals surface area contributed by atoms with Crippen LogP contribution >= 0.6 is 7.82 Å². The van der Waals surface area contributed by atoms with Crippen molar-refractivity contribution in [1.29, 1.82) is 0 Å². The fourth-order valence-corrected chi connectivity index (χ4v) is 6.83. The van der Waals surface area contributed by atoms with Crippen LogP contribution in [0.15, 0.2) is 48.6 Å². The number of quaternary nitrogens is 1. The number of unbranched alkanes of at least 4 members (excludes halogenated alkanes) is 20. The van der Waals surface area contributed by atoms with E-state index in [1.54, 1.807) is 0 Å². The average molecular weight is 811 g/mol. The second kappa shape index (κ2) is 40.2. The first-order chi connectivity index (χ1) is 27.1. The second-order valence-corrected chi connectivity index (χ2v) is 17.9. The van der Waals surface area contributed by atoms with Gasteiger partial charge < -0.3 is 18.9 Å². The number of allylic oxidation sites excluding steroid dienone is 8. The Balaban J connectivity index is 4.24. The van der Waals surface area contributed by atoms with E-state index in [4.69, 9.17) is 18.5 Å². The summed E-state index contributed by atoms with van der Waals surface area (Å²) in [5.41, 5.74) is 0. The molecule has 0 spiro atoms. The number of hydrogen-bond donors (Lipinski definition) is 1. The van der Waals surface area contributed by atoms with E-state index in [1.807, 2.05) is 21.1 Å². The van der Waals surface area contributed by atoms with Crippen molar-refractivity contribution in [1.82, 2.24) is 0 Å². The van der Waals surface area contributed by atoms with E-state index in [-0.39, 0.29) is 25.8 Å². The quantitative estimate of drug-likeness (QED) is 0.0216. The minimum atomic E-state index is -4.28. The highest BCUT2D eigenvalue weighted by molar-refractivity contribution is 7.47. The molecule has 0 aromatic carbocycles. The van der Waals surface area contributed by atoms with Crippen LogP contribution in [-0.2, 0) is 27.9 Å². The number of esters is 1. The van der Waals surface area contributed by atoms with E-state index in [0.717, 1.165) is 57.8 Å². The van der Waals surface area contributed by atoms with Crippen LogP contribution in [0.2, 0.25) is 0 Å². The predicted molar refractivity (Wildman–Crippen MR) is 238 cm³/mol. The Hall–Kier alpha value is -1.54. The first-order valence-corrected chi connectivity index (χ1v) is 24.4. The maximum absolute atomic E-state index is 12.7. The van der Waals surface area contributed by atoms with Gasteiger partial charge in [0.15, 0.2) is 0 Å².